The van der Waals surface area contributed by atoms with Crippen LogP contribution in [0.3, 0.4) is 0 Å². The molecular weight excluding hydrogens is 472 g/mol. The number of hydrogen-bond donors (Lipinski definition) is 1. The van der Waals surface area contributed by atoms with E-state index in [-0.39, 0.29) is 42.7 Å². The van der Waals surface area contributed by atoms with E-state index in [4.69, 9.17) is 5.73 Å². The van der Waals surface area contributed by atoms with Gasteiger partial charge in [0.1, 0.15) is 15.8 Å². The average Bonchev–Trinajstić information content (AvgIpc) is 3.26. The number of thioether (sulfide) groups is 1. The Hall–Kier alpha value is -3.08. The maximum atomic E-state index is 13.5. The van der Waals surface area contributed by atoms with Crippen molar-refractivity contribution in [3.05, 3.63) is 84.2 Å². The minimum Gasteiger partial charge on any atom is -0.364 e. The van der Waals surface area contributed by atoms with Crippen molar-refractivity contribution in [3.8, 4) is 0 Å². The molecule has 10 heteroatoms. The van der Waals surface area contributed by atoms with E-state index in [1.165, 1.54) is 32.9 Å². The molecule has 1 saturated heterocycles. The van der Waals surface area contributed by atoms with Gasteiger partial charge in [0.25, 0.3) is 5.91 Å². The van der Waals surface area contributed by atoms with E-state index in [0.29, 0.717) is 0 Å². The van der Waals surface area contributed by atoms with Crippen molar-refractivity contribution in [1.29, 1.82) is 0 Å². The molecule has 4 rings (SSSR count). The van der Waals surface area contributed by atoms with E-state index in [0.717, 1.165) is 10.5 Å². The molecule has 1 aliphatic heterocycles. The maximum Gasteiger partial charge on any atom is 0.265 e. The Morgan fingerprint density at radius 1 is 0.941 bits per heavy atom. The van der Waals surface area contributed by atoms with Crippen molar-refractivity contribution in [2.24, 2.45) is 12.8 Å². The number of aromatic nitrogens is 1. The highest BCUT2D eigenvalue weighted by Gasteiger charge is 2.34. The van der Waals surface area contributed by atoms with Gasteiger partial charge in [-0.05, 0) is 23.8 Å². The van der Waals surface area contributed by atoms with Gasteiger partial charge in [-0.1, -0.05) is 48.5 Å². The van der Waals surface area contributed by atoms with Gasteiger partial charge < -0.3 is 15.2 Å². The fourth-order valence-corrected chi connectivity index (χ4v) is 6.53. The maximum absolute atomic E-state index is 13.5. The van der Waals surface area contributed by atoms with Crippen LogP contribution in [-0.2, 0) is 21.9 Å². The Morgan fingerprint density at radius 3 is 2.09 bits per heavy atom. The van der Waals surface area contributed by atoms with Crippen LogP contribution in [0, 0.1) is 0 Å². The molecule has 2 N–H and O–H groups in total. The Bertz CT molecular complexity index is 1270. The zero-order chi connectivity index (χ0) is 24.3. The number of rotatable bonds is 7. The van der Waals surface area contributed by atoms with Gasteiger partial charge in [0.05, 0.1) is 0 Å². The number of carbonyl (C=O) groups excluding carboxylic acids is 2. The van der Waals surface area contributed by atoms with E-state index < -0.39 is 21.2 Å². The largest absolute Gasteiger partial charge is 0.364 e. The summed E-state index contributed by atoms with van der Waals surface area (Å²) in [4.78, 5) is 27.8. The van der Waals surface area contributed by atoms with Gasteiger partial charge in [0.2, 0.25) is 15.9 Å². The summed E-state index contributed by atoms with van der Waals surface area (Å²) >= 11 is 1.48. The fraction of sp³-hybridized carbons (Fsp3) is 0.250. The number of amides is 2. The molecule has 8 nitrogen and oxygen atoms in total. The molecule has 2 heterocycles. The Labute approximate surface area is 203 Å². The molecule has 0 radical (unpaired) electrons. The zero-order valence-electron chi connectivity index (χ0n) is 18.7. The van der Waals surface area contributed by atoms with E-state index in [1.807, 2.05) is 60.7 Å². The predicted octanol–water partition coefficient (Wildman–Crippen LogP) is 2.49. The highest BCUT2D eigenvalue weighted by molar-refractivity contribution is 8.00. The second-order valence-electron chi connectivity index (χ2n) is 7.99. The lowest BCUT2D eigenvalue weighted by Gasteiger charge is -2.35. The number of primary amides is 1. The number of nitrogens with two attached hydrogens (primary N) is 1. The van der Waals surface area contributed by atoms with E-state index in [9.17, 15) is 18.0 Å². The summed E-state index contributed by atoms with van der Waals surface area (Å²) < 4.78 is 29.0. The van der Waals surface area contributed by atoms with E-state index >= 15 is 0 Å². The number of sulfonamides is 1. The van der Waals surface area contributed by atoms with Crippen LogP contribution < -0.4 is 5.73 Å². The number of nitrogens with zero attached hydrogens (tertiary/aromatic N) is 3. The molecule has 0 saturated carbocycles. The SMILES string of the molecule is Cn1cc(S(=O)(=O)N2CCN(C(=O)C(Sc3ccccc3)c3ccccc3)CC2)cc1C(N)=O. The van der Waals surface area contributed by atoms with Crippen LogP contribution in [0.5, 0.6) is 0 Å². The average molecular weight is 499 g/mol. The fourth-order valence-electron chi connectivity index (χ4n) is 3.91. The van der Waals surface area contributed by atoms with E-state index in [2.05, 4.69) is 0 Å². The van der Waals surface area contributed by atoms with Crippen molar-refractivity contribution < 1.29 is 18.0 Å². The summed E-state index contributed by atoms with van der Waals surface area (Å²) in [7, 11) is -2.23. The predicted molar refractivity (Wildman–Crippen MR) is 131 cm³/mol. The van der Waals surface area contributed by atoms with Gasteiger partial charge in [-0.15, -0.1) is 11.8 Å². The van der Waals surface area contributed by atoms with Crippen LogP contribution in [0.15, 0.2) is 82.7 Å². The molecule has 34 heavy (non-hydrogen) atoms. The molecule has 2 aromatic carbocycles. The van der Waals surface area contributed by atoms with Crippen LogP contribution in [0.1, 0.15) is 21.3 Å². The molecule has 178 valence electrons. The van der Waals surface area contributed by atoms with Gasteiger partial charge in [-0.25, -0.2) is 8.42 Å². The van der Waals surface area contributed by atoms with Crippen LogP contribution in [-0.4, -0.2) is 60.2 Å². The van der Waals surface area contributed by atoms with Gasteiger partial charge >= 0.3 is 0 Å². The summed E-state index contributed by atoms with van der Waals surface area (Å²) in [5.41, 5.74) is 6.34. The molecule has 0 aliphatic carbocycles. The third-order valence-corrected chi connectivity index (χ3v) is 8.86. The molecule has 0 spiro atoms. The highest BCUT2D eigenvalue weighted by atomic mass is 32.2. The summed E-state index contributed by atoms with van der Waals surface area (Å²) in [5.74, 6) is -0.741. The van der Waals surface area contributed by atoms with Gasteiger partial charge in [0.15, 0.2) is 0 Å². The number of benzene rings is 2. The molecule has 0 bridgehead atoms. The molecule has 1 atom stereocenters. The number of carbonyl (C=O) groups is 2. The second kappa shape index (κ2) is 10.0. The number of hydrogen-bond acceptors (Lipinski definition) is 5. The van der Waals surface area contributed by atoms with Crippen molar-refractivity contribution in [1.82, 2.24) is 13.8 Å². The minimum atomic E-state index is -3.81. The quantitative estimate of drug-likeness (QED) is 0.504. The summed E-state index contributed by atoms with van der Waals surface area (Å²) in [6.07, 6.45) is 1.38. The summed E-state index contributed by atoms with van der Waals surface area (Å²) in [6, 6.07) is 20.6. The first-order valence-electron chi connectivity index (χ1n) is 10.8. The smallest absolute Gasteiger partial charge is 0.265 e. The Balaban J connectivity index is 1.49. The van der Waals surface area contributed by atoms with E-state index in [1.54, 1.807) is 11.9 Å². The molecule has 1 aromatic heterocycles. The molecule has 1 aliphatic rings. The molecular formula is C24H26N4O4S2. The van der Waals surface area contributed by atoms with Crippen LogP contribution in [0.2, 0.25) is 0 Å². The summed E-state index contributed by atoms with van der Waals surface area (Å²) in [6.45, 7) is 0.914. The Morgan fingerprint density at radius 2 is 1.53 bits per heavy atom. The van der Waals surface area contributed by atoms with Gasteiger partial charge in [-0.3, -0.25) is 9.59 Å². The van der Waals surface area contributed by atoms with Gasteiger partial charge in [0, 0.05) is 44.3 Å². The third-order valence-electron chi connectivity index (χ3n) is 5.74. The van der Waals surface area contributed by atoms with Crippen molar-refractivity contribution in [3.63, 3.8) is 0 Å². The van der Waals surface area contributed by atoms with Crippen LogP contribution in [0.4, 0.5) is 0 Å². The first-order valence-corrected chi connectivity index (χ1v) is 13.1. The lowest BCUT2D eigenvalue weighted by Crippen LogP contribution is -2.51. The number of piperazine rings is 1. The lowest BCUT2D eigenvalue weighted by atomic mass is 10.1. The minimum absolute atomic E-state index is 0.0189. The standard InChI is InChI=1S/C24H26N4O4S2/c1-26-17-20(16-21(26)23(25)29)34(31,32)28-14-12-27(13-15-28)24(30)22(18-8-4-2-5-9-18)33-19-10-6-3-7-11-19/h2-11,16-17,22H,12-15H2,1H3,(H2,25,29). The topological polar surface area (TPSA) is 106 Å². The van der Waals surface area contributed by atoms with Crippen LogP contribution >= 0.6 is 11.8 Å². The molecule has 1 fully saturated rings. The Kier molecular flexibility index (Phi) is 7.11. The number of aryl methyl sites for hydroxylation is 1. The molecule has 2 amide bonds. The molecule has 1 unspecified atom stereocenters. The van der Waals surface area contributed by atoms with Crippen LogP contribution in [0.25, 0.3) is 0 Å². The lowest BCUT2D eigenvalue weighted by molar-refractivity contribution is -0.131. The van der Waals surface area contributed by atoms with Gasteiger partial charge in [-0.2, -0.15) is 4.31 Å². The first-order chi connectivity index (χ1) is 16.3. The van der Waals surface area contributed by atoms with Crippen molar-refractivity contribution >= 4 is 33.6 Å². The monoisotopic (exact) mass is 498 g/mol. The zero-order valence-corrected chi connectivity index (χ0v) is 20.3. The highest BCUT2D eigenvalue weighted by Crippen LogP contribution is 2.37. The summed E-state index contributed by atoms with van der Waals surface area (Å²) in [5, 5.41) is -0.431. The van der Waals surface area contributed by atoms with Crippen molar-refractivity contribution in [2.75, 3.05) is 26.2 Å². The first kappa shape index (κ1) is 24.1. The van der Waals surface area contributed by atoms with Crippen molar-refractivity contribution in [2.45, 2.75) is 15.0 Å². The normalized spacial score (nSPS) is 15.7. The second-order valence-corrected chi connectivity index (χ2v) is 11.1. The molecule has 3 aromatic rings. The third kappa shape index (κ3) is 5.03.